The average Bonchev–Trinajstić information content (AvgIpc) is 2.98. The predicted molar refractivity (Wildman–Crippen MR) is 95.3 cm³/mol. The van der Waals surface area contributed by atoms with Crippen LogP contribution in [0.2, 0.25) is 0 Å². The molecule has 138 valence electrons. The zero-order valence-corrected chi connectivity index (χ0v) is 14.3. The SMILES string of the molecule is COC(=O)Nc1ccnc(Nc2cc(N3CC[C@](O)(C#N)C3=O)ccn2)c1. The van der Waals surface area contributed by atoms with Crippen molar-refractivity contribution in [3.8, 4) is 6.07 Å². The summed E-state index contributed by atoms with van der Waals surface area (Å²) in [5.41, 5.74) is -1.02. The molecule has 0 aromatic carbocycles. The van der Waals surface area contributed by atoms with Gasteiger partial charge in [0, 0.05) is 48.9 Å². The molecule has 1 aliphatic rings. The second-order valence-electron chi connectivity index (χ2n) is 5.75. The van der Waals surface area contributed by atoms with Gasteiger partial charge in [0.1, 0.15) is 17.7 Å². The summed E-state index contributed by atoms with van der Waals surface area (Å²) in [6.07, 6.45) is 2.42. The van der Waals surface area contributed by atoms with Crippen molar-refractivity contribution >= 4 is 35.0 Å². The number of methoxy groups -OCH3 is 1. The largest absolute Gasteiger partial charge is 0.453 e. The van der Waals surface area contributed by atoms with Crippen molar-refractivity contribution in [1.29, 1.82) is 5.26 Å². The molecule has 1 fully saturated rings. The molecule has 3 N–H and O–H groups in total. The Morgan fingerprint density at radius 3 is 2.70 bits per heavy atom. The smallest absolute Gasteiger partial charge is 0.411 e. The Kier molecular flexibility index (Phi) is 4.87. The van der Waals surface area contributed by atoms with E-state index < -0.39 is 17.6 Å². The van der Waals surface area contributed by atoms with Crippen molar-refractivity contribution in [1.82, 2.24) is 9.97 Å². The number of ether oxygens (including phenoxy) is 1. The van der Waals surface area contributed by atoms with Crippen LogP contribution in [0, 0.1) is 11.3 Å². The molecule has 3 rings (SSSR count). The second-order valence-corrected chi connectivity index (χ2v) is 5.75. The highest BCUT2D eigenvalue weighted by Crippen LogP contribution is 2.29. The molecule has 1 atom stereocenters. The third-order valence-electron chi connectivity index (χ3n) is 3.98. The summed E-state index contributed by atoms with van der Waals surface area (Å²) in [6.45, 7) is 0.225. The Balaban J connectivity index is 1.78. The number of hydrogen-bond acceptors (Lipinski definition) is 8. The quantitative estimate of drug-likeness (QED) is 0.688. The van der Waals surface area contributed by atoms with Gasteiger partial charge in [-0.2, -0.15) is 5.26 Å². The molecule has 0 spiro atoms. The average molecular weight is 368 g/mol. The fraction of sp³-hybridized carbons (Fsp3) is 0.235. The first-order chi connectivity index (χ1) is 12.9. The Morgan fingerprint density at radius 2 is 2.04 bits per heavy atom. The maximum Gasteiger partial charge on any atom is 0.411 e. The summed E-state index contributed by atoms with van der Waals surface area (Å²) in [7, 11) is 1.26. The Labute approximate surface area is 154 Å². The van der Waals surface area contributed by atoms with E-state index in [-0.39, 0.29) is 13.0 Å². The van der Waals surface area contributed by atoms with Gasteiger partial charge in [0.2, 0.25) is 5.60 Å². The number of amides is 2. The lowest BCUT2D eigenvalue weighted by Gasteiger charge is -2.18. The molecule has 2 amide bonds. The number of carbonyl (C=O) groups excluding carboxylic acids is 2. The van der Waals surface area contributed by atoms with Crippen LogP contribution < -0.4 is 15.5 Å². The number of nitrogens with one attached hydrogen (secondary N) is 2. The molecular weight excluding hydrogens is 352 g/mol. The molecule has 1 saturated heterocycles. The van der Waals surface area contributed by atoms with Crippen molar-refractivity contribution in [2.24, 2.45) is 0 Å². The molecule has 0 radical (unpaired) electrons. The number of aromatic nitrogens is 2. The molecule has 0 bridgehead atoms. The minimum atomic E-state index is -1.99. The highest BCUT2D eigenvalue weighted by Gasteiger charge is 2.46. The predicted octanol–water partition coefficient (Wildman–Crippen LogP) is 1.39. The first kappa shape index (κ1) is 18.1. The van der Waals surface area contributed by atoms with E-state index in [2.05, 4.69) is 25.3 Å². The lowest BCUT2D eigenvalue weighted by atomic mass is 10.1. The zero-order chi connectivity index (χ0) is 19.4. The number of nitrogens with zero attached hydrogens (tertiary/aromatic N) is 4. The number of hydrogen-bond donors (Lipinski definition) is 3. The summed E-state index contributed by atoms with van der Waals surface area (Å²) in [5.74, 6) is 0.148. The van der Waals surface area contributed by atoms with Crippen molar-refractivity contribution < 1.29 is 19.4 Å². The monoisotopic (exact) mass is 368 g/mol. The topological polar surface area (TPSA) is 140 Å². The molecule has 0 aliphatic carbocycles. The van der Waals surface area contributed by atoms with E-state index in [1.165, 1.54) is 24.4 Å². The van der Waals surface area contributed by atoms with Crippen LogP contribution >= 0.6 is 0 Å². The van der Waals surface area contributed by atoms with Gasteiger partial charge in [-0.05, 0) is 12.1 Å². The number of carbonyl (C=O) groups is 2. The first-order valence-corrected chi connectivity index (χ1v) is 7.95. The fourth-order valence-corrected chi connectivity index (χ4v) is 2.59. The van der Waals surface area contributed by atoms with Gasteiger partial charge in [-0.3, -0.25) is 10.1 Å². The highest BCUT2D eigenvalue weighted by atomic mass is 16.5. The maximum absolute atomic E-state index is 12.3. The van der Waals surface area contributed by atoms with Crippen LogP contribution in [0.5, 0.6) is 0 Å². The van der Waals surface area contributed by atoms with Crippen LogP contribution in [0.25, 0.3) is 0 Å². The minimum Gasteiger partial charge on any atom is -0.453 e. The van der Waals surface area contributed by atoms with Gasteiger partial charge in [0.25, 0.3) is 5.91 Å². The number of anilines is 4. The lowest BCUT2D eigenvalue weighted by molar-refractivity contribution is -0.128. The molecular formula is C17H16N6O4. The lowest BCUT2D eigenvalue weighted by Crippen LogP contribution is -2.38. The molecule has 10 heteroatoms. The van der Waals surface area contributed by atoms with E-state index in [1.807, 2.05) is 0 Å². The Morgan fingerprint density at radius 1 is 1.33 bits per heavy atom. The van der Waals surface area contributed by atoms with E-state index in [0.29, 0.717) is 23.0 Å². The molecule has 2 aromatic rings. The van der Waals surface area contributed by atoms with Gasteiger partial charge in [-0.15, -0.1) is 0 Å². The Hall–Kier alpha value is -3.71. The number of pyridine rings is 2. The molecule has 27 heavy (non-hydrogen) atoms. The summed E-state index contributed by atoms with van der Waals surface area (Å²) < 4.78 is 4.54. The van der Waals surface area contributed by atoms with Crippen LogP contribution in [0.4, 0.5) is 27.8 Å². The summed E-state index contributed by atoms with van der Waals surface area (Å²) >= 11 is 0. The number of aliphatic hydroxyl groups is 1. The first-order valence-electron chi connectivity index (χ1n) is 7.95. The maximum atomic E-state index is 12.3. The Bertz CT molecular complexity index is 928. The van der Waals surface area contributed by atoms with Crippen molar-refractivity contribution in [3.63, 3.8) is 0 Å². The normalized spacial score (nSPS) is 18.7. The van der Waals surface area contributed by atoms with Gasteiger partial charge in [-0.25, -0.2) is 14.8 Å². The van der Waals surface area contributed by atoms with Crippen molar-refractivity contribution in [2.75, 3.05) is 29.2 Å². The van der Waals surface area contributed by atoms with E-state index in [1.54, 1.807) is 30.3 Å². The molecule has 10 nitrogen and oxygen atoms in total. The molecule has 1 aliphatic heterocycles. The van der Waals surface area contributed by atoms with Gasteiger partial charge in [0.05, 0.1) is 7.11 Å². The molecule has 3 heterocycles. The zero-order valence-electron chi connectivity index (χ0n) is 14.3. The van der Waals surface area contributed by atoms with Crippen LogP contribution in [-0.4, -0.2) is 46.3 Å². The van der Waals surface area contributed by atoms with Crippen LogP contribution in [0.1, 0.15) is 6.42 Å². The fourth-order valence-electron chi connectivity index (χ4n) is 2.59. The van der Waals surface area contributed by atoms with Crippen LogP contribution in [-0.2, 0) is 9.53 Å². The van der Waals surface area contributed by atoms with Crippen molar-refractivity contribution in [2.45, 2.75) is 12.0 Å². The third-order valence-corrected chi connectivity index (χ3v) is 3.98. The molecule has 0 saturated carbocycles. The third kappa shape index (κ3) is 3.78. The standard InChI is InChI=1S/C17H16N6O4/c1-27-16(25)21-11-2-5-19-13(8-11)22-14-9-12(3-6-20-14)23-7-4-17(26,10-18)15(23)24/h2-3,5-6,8-9,26H,4,7H2,1H3,(H2,19,20,21,22,25)/t17-/m0/s1. The van der Waals surface area contributed by atoms with Crippen LogP contribution in [0.15, 0.2) is 36.7 Å². The van der Waals surface area contributed by atoms with Gasteiger partial charge in [-0.1, -0.05) is 0 Å². The van der Waals surface area contributed by atoms with Crippen LogP contribution in [0.3, 0.4) is 0 Å². The second kappa shape index (κ2) is 7.27. The molecule has 2 aromatic heterocycles. The molecule has 0 unspecified atom stereocenters. The highest BCUT2D eigenvalue weighted by molar-refractivity contribution is 6.03. The number of nitriles is 1. The summed E-state index contributed by atoms with van der Waals surface area (Å²) in [4.78, 5) is 33.2. The minimum absolute atomic E-state index is 0.0379. The van der Waals surface area contributed by atoms with E-state index in [9.17, 15) is 14.7 Å². The van der Waals surface area contributed by atoms with E-state index in [0.717, 1.165) is 0 Å². The van der Waals surface area contributed by atoms with E-state index in [4.69, 9.17) is 5.26 Å². The number of rotatable bonds is 4. The van der Waals surface area contributed by atoms with Gasteiger partial charge in [0.15, 0.2) is 0 Å². The van der Waals surface area contributed by atoms with Crippen molar-refractivity contribution in [3.05, 3.63) is 36.7 Å². The summed E-state index contributed by atoms with van der Waals surface area (Å²) in [6, 6.07) is 8.03. The van der Waals surface area contributed by atoms with Gasteiger partial charge >= 0.3 is 6.09 Å². The summed E-state index contributed by atoms with van der Waals surface area (Å²) in [5, 5.41) is 24.5. The van der Waals surface area contributed by atoms with Gasteiger partial charge < -0.3 is 20.1 Å². The van der Waals surface area contributed by atoms with E-state index >= 15 is 0 Å².